The topological polar surface area (TPSA) is 63.4 Å². The minimum atomic E-state index is -3.42. The third-order valence-corrected chi connectivity index (χ3v) is 4.55. The Morgan fingerprint density at radius 1 is 1.29 bits per heavy atom. The van der Waals surface area contributed by atoms with Crippen molar-refractivity contribution in [2.45, 2.75) is 31.7 Å². The number of benzene rings is 1. The lowest BCUT2D eigenvalue weighted by Gasteiger charge is -2.19. The van der Waals surface area contributed by atoms with Gasteiger partial charge in [0.25, 0.3) is 0 Å². The first-order valence-electron chi connectivity index (χ1n) is 5.54. The zero-order chi connectivity index (χ0) is 13.2. The number of nitrogens with two attached hydrogens (primary N) is 1. The second-order valence-electron chi connectivity index (χ2n) is 4.51. The molecule has 0 heterocycles. The van der Waals surface area contributed by atoms with E-state index in [1.54, 1.807) is 26.1 Å². The molecular formula is C12H20N2O2S. The standard InChI is InChI=1S/C12H20N2O2S/c1-9-5-6-12(7-10(9)2)17(15,16)14(4)8-11(3)13/h5-7,11H,8,13H2,1-4H3. The van der Waals surface area contributed by atoms with Crippen LogP contribution in [0.4, 0.5) is 0 Å². The van der Waals surface area contributed by atoms with Gasteiger partial charge in [0.05, 0.1) is 4.90 Å². The van der Waals surface area contributed by atoms with Crippen molar-refractivity contribution in [3.63, 3.8) is 0 Å². The third kappa shape index (κ3) is 3.28. The summed E-state index contributed by atoms with van der Waals surface area (Å²) in [4.78, 5) is 0.323. The van der Waals surface area contributed by atoms with Crippen LogP contribution >= 0.6 is 0 Å². The average molecular weight is 256 g/mol. The normalized spacial score (nSPS) is 14.0. The molecule has 2 N–H and O–H groups in total. The molecule has 1 atom stereocenters. The van der Waals surface area contributed by atoms with Crippen LogP contribution in [0, 0.1) is 13.8 Å². The molecule has 0 bridgehead atoms. The molecule has 0 saturated heterocycles. The highest BCUT2D eigenvalue weighted by atomic mass is 32.2. The van der Waals surface area contributed by atoms with Crippen molar-refractivity contribution < 1.29 is 8.42 Å². The maximum atomic E-state index is 12.2. The summed E-state index contributed by atoms with van der Waals surface area (Å²) in [5, 5.41) is 0. The number of likely N-dealkylation sites (N-methyl/N-ethyl adjacent to an activating group) is 1. The molecule has 0 aliphatic carbocycles. The van der Waals surface area contributed by atoms with Gasteiger partial charge in [-0.25, -0.2) is 8.42 Å². The van der Waals surface area contributed by atoms with Gasteiger partial charge in [0, 0.05) is 19.6 Å². The summed E-state index contributed by atoms with van der Waals surface area (Å²) >= 11 is 0. The lowest BCUT2D eigenvalue weighted by Crippen LogP contribution is -2.36. The Balaban J connectivity index is 3.09. The highest BCUT2D eigenvalue weighted by molar-refractivity contribution is 7.89. The van der Waals surface area contributed by atoms with Crippen LogP contribution in [0.5, 0.6) is 0 Å². The fourth-order valence-corrected chi connectivity index (χ4v) is 2.91. The SMILES string of the molecule is Cc1ccc(S(=O)(=O)N(C)CC(C)N)cc1C. The van der Waals surface area contributed by atoms with Crippen LogP contribution in [0.3, 0.4) is 0 Å². The fraction of sp³-hybridized carbons (Fsp3) is 0.500. The number of rotatable bonds is 4. The zero-order valence-electron chi connectivity index (χ0n) is 10.8. The molecule has 0 amide bonds. The van der Waals surface area contributed by atoms with Gasteiger partial charge in [0.2, 0.25) is 10.0 Å². The number of aryl methyl sites for hydroxylation is 2. The molecule has 0 radical (unpaired) electrons. The summed E-state index contributed by atoms with van der Waals surface area (Å²) in [6.07, 6.45) is 0. The first-order chi connectivity index (χ1) is 7.75. The lowest BCUT2D eigenvalue weighted by molar-refractivity contribution is 0.445. The molecule has 1 rings (SSSR count). The summed E-state index contributed by atoms with van der Waals surface area (Å²) in [5.41, 5.74) is 7.67. The van der Waals surface area contributed by atoms with Crippen molar-refractivity contribution in [3.05, 3.63) is 29.3 Å². The summed E-state index contributed by atoms with van der Waals surface area (Å²) in [5.74, 6) is 0. The van der Waals surface area contributed by atoms with E-state index in [4.69, 9.17) is 5.73 Å². The lowest BCUT2D eigenvalue weighted by atomic mass is 10.1. The van der Waals surface area contributed by atoms with E-state index in [0.717, 1.165) is 11.1 Å². The van der Waals surface area contributed by atoms with Crippen LogP contribution < -0.4 is 5.73 Å². The summed E-state index contributed by atoms with van der Waals surface area (Å²) in [7, 11) is -1.87. The van der Waals surface area contributed by atoms with Crippen LogP contribution in [0.2, 0.25) is 0 Å². The van der Waals surface area contributed by atoms with Gasteiger partial charge >= 0.3 is 0 Å². The monoisotopic (exact) mass is 256 g/mol. The number of hydrogen-bond acceptors (Lipinski definition) is 3. The minimum absolute atomic E-state index is 0.179. The van der Waals surface area contributed by atoms with Gasteiger partial charge < -0.3 is 5.73 Å². The van der Waals surface area contributed by atoms with Gasteiger partial charge in [-0.15, -0.1) is 0 Å². The third-order valence-electron chi connectivity index (χ3n) is 2.73. The Labute approximate surface area is 103 Å². The maximum absolute atomic E-state index is 12.2. The molecule has 17 heavy (non-hydrogen) atoms. The Morgan fingerprint density at radius 3 is 2.35 bits per heavy atom. The van der Waals surface area contributed by atoms with Gasteiger partial charge in [-0.05, 0) is 44.0 Å². The van der Waals surface area contributed by atoms with Crippen LogP contribution in [0.25, 0.3) is 0 Å². The highest BCUT2D eigenvalue weighted by Crippen LogP contribution is 2.18. The Hall–Kier alpha value is -0.910. The van der Waals surface area contributed by atoms with Crippen molar-refractivity contribution in [1.82, 2.24) is 4.31 Å². The van der Waals surface area contributed by atoms with Gasteiger partial charge in [-0.3, -0.25) is 0 Å². The first-order valence-corrected chi connectivity index (χ1v) is 6.98. The van der Waals surface area contributed by atoms with E-state index in [-0.39, 0.29) is 6.04 Å². The van der Waals surface area contributed by atoms with Crippen LogP contribution in [-0.2, 0) is 10.0 Å². The molecule has 0 aliphatic rings. The Morgan fingerprint density at radius 2 is 1.88 bits per heavy atom. The van der Waals surface area contributed by atoms with Gasteiger partial charge in [-0.1, -0.05) is 6.07 Å². The van der Waals surface area contributed by atoms with Gasteiger partial charge in [0.15, 0.2) is 0 Å². The van der Waals surface area contributed by atoms with Crippen LogP contribution in [-0.4, -0.2) is 32.4 Å². The van der Waals surface area contributed by atoms with Crippen molar-refractivity contribution in [3.8, 4) is 0 Å². The molecule has 96 valence electrons. The van der Waals surface area contributed by atoms with Crippen LogP contribution in [0.15, 0.2) is 23.1 Å². The van der Waals surface area contributed by atoms with E-state index in [9.17, 15) is 8.42 Å². The predicted octanol–water partition coefficient (Wildman–Crippen LogP) is 1.27. The second-order valence-corrected chi connectivity index (χ2v) is 6.55. The molecule has 4 nitrogen and oxygen atoms in total. The minimum Gasteiger partial charge on any atom is -0.327 e. The van der Waals surface area contributed by atoms with Crippen molar-refractivity contribution in [1.29, 1.82) is 0 Å². The first kappa shape index (κ1) is 14.2. The number of sulfonamides is 1. The molecule has 0 aliphatic heterocycles. The van der Waals surface area contributed by atoms with Gasteiger partial charge in [0.1, 0.15) is 0 Å². The van der Waals surface area contributed by atoms with E-state index in [2.05, 4.69) is 0 Å². The van der Waals surface area contributed by atoms with Crippen molar-refractivity contribution >= 4 is 10.0 Å². The molecular weight excluding hydrogens is 236 g/mol. The molecule has 0 aromatic heterocycles. The summed E-state index contributed by atoms with van der Waals surface area (Å²) in [6.45, 7) is 5.96. The maximum Gasteiger partial charge on any atom is 0.242 e. The smallest absolute Gasteiger partial charge is 0.242 e. The Kier molecular flexibility index (Phi) is 4.30. The molecule has 5 heteroatoms. The van der Waals surface area contributed by atoms with Crippen molar-refractivity contribution in [2.24, 2.45) is 5.73 Å². The van der Waals surface area contributed by atoms with E-state index < -0.39 is 10.0 Å². The molecule has 1 aromatic carbocycles. The molecule has 1 unspecified atom stereocenters. The molecule has 1 aromatic rings. The summed E-state index contributed by atoms with van der Waals surface area (Å²) < 4.78 is 25.7. The highest BCUT2D eigenvalue weighted by Gasteiger charge is 2.21. The van der Waals surface area contributed by atoms with Crippen LogP contribution in [0.1, 0.15) is 18.1 Å². The fourth-order valence-electron chi connectivity index (χ4n) is 1.56. The number of hydrogen-bond donors (Lipinski definition) is 1. The van der Waals surface area contributed by atoms with E-state index in [1.165, 1.54) is 4.31 Å². The number of nitrogens with zero attached hydrogens (tertiary/aromatic N) is 1. The average Bonchev–Trinajstić information content (AvgIpc) is 2.20. The summed E-state index contributed by atoms with van der Waals surface area (Å²) in [6, 6.07) is 4.97. The molecule has 0 saturated carbocycles. The quantitative estimate of drug-likeness (QED) is 0.882. The largest absolute Gasteiger partial charge is 0.327 e. The zero-order valence-corrected chi connectivity index (χ0v) is 11.6. The van der Waals surface area contributed by atoms with E-state index in [1.807, 2.05) is 19.9 Å². The van der Waals surface area contributed by atoms with Crippen molar-refractivity contribution in [2.75, 3.05) is 13.6 Å². The predicted molar refractivity (Wildman–Crippen MR) is 69.4 cm³/mol. The van der Waals surface area contributed by atoms with E-state index >= 15 is 0 Å². The van der Waals surface area contributed by atoms with Gasteiger partial charge in [-0.2, -0.15) is 4.31 Å². The van der Waals surface area contributed by atoms with E-state index in [0.29, 0.717) is 11.4 Å². The Bertz CT molecular complexity index is 495. The molecule has 0 spiro atoms. The second kappa shape index (κ2) is 5.16. The molecule has 0 fully saturated rings.